The number of alkyl halides is 1. The SMILES string of the molecule is CC(C)C(Br)C(=O)N[C@H](C)c1ccc(F)cc1. The van der Waals surface area contributed by atoms with Crippen LogP contribution in [0.25, 0.3) is 0 Å². The second-order valence-corrected chi connectivity index (χ2v) is 5.41. The van der Waals surface area contributed by atoms with Gasteiger partial charge in [0.1, 0.15) is 5.82 Å². The summed E-state index contributed by atoms with van der Waals surface area (Å²) in [5, 5.41) is 2.89. The fourth-order valence-electron chi connectivity index (χ4n) is 1.43. The summed E-state index contributed by atoms with van der Waals surface area (Å²) in [5.41, 5.74) is 0.892. The molecule has 0 radical (unpaired) electrons. The van der Waals surface area contributed by atoms with Crippen LogP contribution in [0.15, 0.2) is 24.3 Å². The predicted octanol–water partition coefficient (Wildman–Crippen LogP) is 3.42. The Bertz CT molecular complexity index is 378. The summed E-state index contributed by atoms with van der Waals surface area (Å²) < 4.78 is 12.8. The second kappa shape index (κ2) is 6.15. The van der Waals surface area contributed by atoms with Gasteiger partial charge in [0, 0.05) is 0 Å². The molecule has 0 bridgehead atoms. The lowest BCUT2D eigenvalue weighted by atomic mass is 10.1. The number of amides is 1. The molecule has 1 N–H and O–H groups in total. The van der Waals surface area contributed by atoms with Crippen molar-refractivity contribution in [3.63, 3.8) is 0 Å². The van der Waals surface area contributed by atoms with Gasteiger partial charge in [-0.15, -0.1) is 0 Å². The van der Waals surface area contributed by atoms with E-state index in [1.165, 1.54) is 12.1 Å². The van der Waals surface area contributed by atoms with E-state index in [2.05, 4.69) is 21.2 Å². The largest absolute Gasteiger partial charge is 0.349 e. The zero-order chi connectivity index (χ0) is 13.0. The molecule has 2 atom stereocenters. The maximum atomic E-state index is 12.8. The highest BCUT2D eigenvalue weighted by molar-refractivity contribution is 9.10. The van der Waals surface area contributed by atoms with Crippen LogP contribution in [0.2, 0.25) is 0 Å². The molecule has 17 heavy (non-hydrogen) atoms. The minimum absolute atomic E-state index is 0.0446. The molecule has 0 saturated heterocycles. The molecule has 4 heteroatoms. The normalized spacial score (nSPS) is 14.5. The third kappa shape index (κ3) is 4.11. The van der Waals surface area contributed by atoms with Crippen LogP contribution in [0, 0.1) is 11.7 Å². The molecule has 1 unspecified atom stereocenters. The van der Waals surface area contributed by atoms with Crippen LogP contribution >= 0.6 is 15.9 Å². The van der Waals surface area contributed by atoms with Crippen LogP contribution in [-0.2, 0) is 4.79 Å². The summed E-state index contributed by atoms with van der Waals surface area (Å²) in [7, 11) is 0. The van der Waals surface area contributed by atoms with Crippen molar-refractivity contribution in [3.05, 3.63) is 35.6 Å². The highest BCUT2D eigenvalue weighted by atomic mass is 79.9. The van der Waals surface area contributed by atoms with E-state index in [0.717, 1.165) is 5.56 Å². The lowest BCUT2D eigenvalue weighted by molar-refractivity contribution is -0.121. The molecule has 1 amide bonds. The minimum atomic E-state index is -0.271. The molecule has 0 aliphatic carbocycles. The zero-order valence-corrected chi connectivity index (χ0v) is 11.8. The molecule has 1 aromatic rings. The van der Waals surface area contributed by atoms with Crippen LogP contribution in [0.3, 0.4) is 0 Å². The lowest BCUT2D eigenvalue weighted by Gasteiger charge is -2.19. The Labute approximate surface area is 110 Å². The number of carbonyl (C=O) groups excluding carboxylic acids is 1. The van der Waals surface area contributed by atoms with Gasteiger partial charge in [-0.2, -0.15) is 0 Å². The summed E-state index contributed by atoms with van der Waals surface area (Å²) in [6.07, 6.45) is 0. The van der Waals surface area contributed by atoms with Gasteiger partial charge in [0.2, 0.25) is 5.91 Å². The van der Waals surface area contributed by atoms with Crippen molar-refractivity contribution in [2.75, 3.05) is 0 Å². The number of hydrogen-bond acceptors (Lipinski definition) is 1. The number of halogens is 2. The predicted molar refractivity (Wildman–Crippen MR) is 70.5 cm³/mol. The van der Waals surface area contributed by atoms with Gasteiger partial charge in [-0.1, -0.05) is 41.9 Å². The lowest BCUT2D eigenvalue weighted by Crippen LogP contribution is -2.35. The van der Waals surface area contributed by atoms with Gasteiger partial charge >= 0.3 is 0 Å². The summed E-state index contributed by atoms with van der Waals surface area (Å²) in [6.45, 7) is 5.83. The number of rotatable bonds is 4. The Hall–Kier alpha value is -0.900. The maximum absolute atomic E-state index is 12.8. The first-order valence-corrected chi connectivity index (χ1v) is 6.53. The average molecular weight is 302 g/mol. The van der Waals surface area contributed by atoms with Crippen molar-refractivity contribution in [1.82, 2.24) is 5.32 Å². The molecule has 0 aliphatic rings. The van der Waals surface area contributed by atoms with E-state index >= 15 is 0 Å². The summed E-state index contributed by atoms with van der Waals surface area (Å²) in [4.78, 5) is 11.6. The highest BCUT2D eigenvalue weighted by Crippen LogP contribution is 2.16. The van der Waals surface area contributed by atoms with Crippen LogP contribution in [0.5, 0.6) is 0 Å². The first-order valence-electron chi connectivity index (χ1n) is 5.61. The van der Waals surface area contributed by atoms with Gasteiger partial charge in [-0.25, -0.2) is 4.39 Å². The van der Waals surface area contributed by atoms with Crippen LogP contribution < -0.4 is 5.32 Å². The number of nitrogens with one attached hydrogen (secondary N) is 1. The fourth-order valence-corrected chi connectivity index (χ4v) is 1.56. The van der Waals surface area contributed by atoms with Crippen molar-refractivity contribution < 1.29 is 9.18 Å². The van der Waals surface area contributed by atoms with E-state index in [-0.39, 0.29) is 28.5 Å². The average Bonchev–Trinajstić information content (AvgIpc) is 2.28. The smallest absolute Gasteiger partial charge is 0.234 e. The Morgan fingerprint density at radius 3 is 2.24 bits per heavy atom. The summed E-state index contributed by atoms with van der Waals surface area (Å²) in [6, 6.07) is 6.03. The molecule has 0 fully saturated rings. The highest BCUT2D eigenvalue weighted by Gasteiger charge is 2.20. The van der Waals surface area contributed by atoms with Crippen molar-refractivity contribution >= 4 is 21.8 Å². The van der Waals surface area contributed by atoms with E-state index in [9.17, 15) is 9.18 Å². The molecule has 0 saturated carbocycles. The van der Waals surface area contributed by atoms with E-state index in [0.29, 0.717) is 0 Å². The van der Waals surface area contributed by atoms with Gasteiger partial charge in [0.25, 0.3) is 0 Å². The first kappa shape index (κ1) is 14.2. The molecule has 1 aromatic carbocycles. The minimum Gasteiger partial charge on any atom is -0.349 e. The van der Waals surface area contributed by atoms with Crippen LogP contribution in [0.4, 0.5) is 4.39 Å². The van der Waals surface area contributed by atoms with Crippen molar-refractivity contribution in [2.24, 2.45) is 5.92 Å². The number of benzene rings is 1. The molecule has 1 rings (SSSR count). The molecule has 0 aliphatic heterocycles. The summed E-state index contributed by atoms with van der Waals surface area (Å²) >= 11 is 3.35. The van der Waals surface area contributed by atoms with Crippen LogP contribution in [-0.4, -0.2) is 10.7 Å². The zero-order valence-electron chi connectivity index (χ0n) is 10.2. The quantitative estimate of drug-likeness (QED) is 0.848. The third-order valence-corrected chi connectivity index (χ3v) is 4.04. The molecular weight excluding hydrogens is 285 g/mol. The molecule has 0 heterocycles. The Kier molecular flexibility index (Phi) is 5.12. The van der Waals surface area contributed by atoms with Gasteiger partial charge < -0.3 is 5.32 Å². The van der Waals surface area contributed by atoms with Gasteiger partial charge in [-0.3, -0.25) is 4.79 Å². The standard InChI is InChI=1S/C13H17BrFNO/c1-8(2)12(14)13(17)16-9(3)10-4-6-11(15)7-5-10/h4-9,12H,1-3H3,(H,16,17)/t9-,12?/m1/s1. The maximum Gasteiger partial charge on any atom is 0.234 e. The molecule has 0 aromatic heterocycles. The number of carbonyl (C=O) groups is 1. The topological polar surface area (TPSA) is 29.1 Å². The van der Waals surface area contributed by atoms with Crippen LogP contribution in [0.1, 0.15) is 32.4 Å². The van der Waals surface area contributed by atoms with Crippen molar-refractivity contribution in [3.8, 4) is 0 Å². The van der Waals surface area contributed by atoms with Gasteiger partial charge in [0.05, 0.1) is 10.9 Å². The third-order valence-electron chi connectivity index (χ3n) is 2.56. The second-order valence-electron chi connectivity index (χ2n) is 4.43. The molecule has 2 nitrogen and oxygen atoms in total. The fraction of sp³-hybridized carbons (Fsp3) is 0.462. The number of hydrogen-bond donors (Lipinski definition) is 1. The monoisotopic (exact) mass is 301 g/mol. The van der Waals surface area contributed by atoms with E-state index in [4.69, 9.17) is 0 Å². The van der Waals surface area contributed by atoms with Crippen molar-refractivity contribution in [1.29, 1.82) is 0 Å². The van der Waals surface area contributed by atoms with E-state index < -0.39 is 0 Å². The Morgan fingerprint density at radius 2 is 1.76 bits per heavy atom. The van der Waals surface area contributed by atoms with E-state index in [1.54, 1.807) is 12.1 Å². The Balaban J connectivity index is 2.63. The van der Waals surface area contributed by atoms with Gasteiger partial charge in [-0.05, 0) is 30.5 Å². The van der Waals surface area contributed by atoms with E-state index in [1.807, 2.05) is 20.8 Å². The molecular formula is C13H17BrFNO. The molecule has 0 spiro atoms. The van der Waals surface area contributed by atoms with Crippen molar-refractivity contribution in [2.45, 2.75) is 31.6 Å². The molecule has 94 valence electrons. The summed E-state index contributed by atoms with van der Waals surface area (Å²) in [5.74, 6) is -0.0833. The first-order chi connectivity index (χ1) is 7.91. The Morgan fingerprint density at radius 1 is 1.24 bits per heavy atom. The van der Waals surface area contributed by atoms with Gasteiger partial charge in [0.15, 0.2) is 0 Å².